The smallest absolute Gasteiger partial charge is 0.344 e. The summed E-state index contributed by atoms with van der Waals surface area (Å²) in [6, 6.07) is 3.51. The molecule has 0 aromatic heterocycles. The van der Waals surface area contributed by atoms with Crippen LogP contribution in [0, 0.1) is 0 Å². The first-order chi connectivity index (χ1) is 63.4. The van der Waals surface area contributed by atoms with Gasteiger partial charge in [0.1, 0.15) is 31.0 Å². The molecule has 4 bridgehead atoms. The van der Waals surface area contributed by atoms with Crippen LogP contribution in [0.25, 0.3) is 22.3 Å². The number of benzene rings is 9. The van der Waals surface area contributed by atoms with E-state index < -0.39 is 402 Å². The number of hydrogen-bond donors (Lipinski definition) is 28. The van der Waals surface area contributed by atoms with Gasteiger partial charge in [-0.1, -0.05) is 0 Å². The van der Waals surface area contributed by atoms with Gasteiger partial charge in [0.05, 0.1) is 56.0 Å². The molecule has 9 aromatic rings. The van der Waals surface area contributed by atoms with Crippen LogP contribution in [0.5, 0.6) is 161 Å². The predicted molar refractivity (Wildman–Crippen MR) is 411 cm³/mol. The van der Waals surface area contributed by atoms with Gasteiger partial charge in [0.15, 0.2) is 145 Å². The quantitative estimate of drug-likeness (QED) is 0.0392. The molecule has 0 unspecified atom stereocenters. The Morgan fingerprint density at radius 2 is 0.681 bits per heavy atom. The highest BCUT2D eigenvalue weighted by Gasteiger charge is 2.71. The SMILES string of the molecule is O=C1O[C@H]2[C@H]3OC(=O)c4cc(O)c(O)c(O)c4-c4c(cc(Oc5c(C(=O)O[C@@H]6O[C@@H]7COC(=O)c8cc(O)c(O)c(O)c8-c8c(cc(O)c(O)c8O)C(=O)O[C@H]7[C@H](OC(=O)c7cc(O)c(O)c(O)c7)[C@H]6OC(=O)c6cc(O)c(O)c(O)c6)cc(O)c(O)c5O)c(O)c4O)C(=O)OC[C@H]2O[C@@H](OC(=O)c2cc(O)c(O)c(O)c2)[C@H]3OC(=O)c2cc(O)c(O)c3c2[C@H]2C1=CC(=O)C(O)(O)[C@]2(O)O3. The number of carbonyl (C=O) groups is 11. The summed E-state index contributed by atoms with van der Waals surface area (Å²) < 4.78 is 80.1. The Kier molecular flexibility index (Phi) is 21.3. The lowest BCUT2D eigenvalue weighted by atomic mass is 9.74. The van der Waals surface area contributed by atoms with Crippen molar-refractivity contribution in [3.05, 3.63) is 140 Å². The average molecular weight is 1890 g/mol. The van der Waals surface area contributed by atoms with Crippen molar-refractivity contribution in [1.82, 2.24) is 0 Å². The topological polar surface area (TPSA) is 883 Å². The van der Waals surface area contributed by atoms with E-state index in [0.29, 0.717) is 48.5 Å². The summed E-state index contributed by atoms with van der Waals surface area (Å²) in [6.45, 7) is -3.32. The molecular formula is C82H56O53. The number of aliphatic hydroxyl groups is 3. The Morgan fingerprint density at radius 3 is 1.16 bits per heavy atom. The van der Waals surface area contributed by atoms with Crippen LogP contribution in [0.4, 0.5) is 0 Å². The molecule has 0 radical (unpaired) electrons. The van der Waals surface area contributed by atoms with E-state index in [0.717, 1.165) is 0 Å². The third-order valence-corrected chi connectivity index (χ3v) is 21.9. The van der Waals surface area contributed by atoms with Gasteiger partial charge in [0.2, 0.25) is 70.8 Å². The van der Waals surface area contributed by atoms with Crippen LogP contribution in [0.1, 0.15) is 105 Å². The first-order valence-corrected chi connectivity index (χ1v) is 37.6. The maximum absolute atomic E-state index is 15.5. The number of ether oxygens (including phenoxy) is 14. The normalized spacial score (nSPS) is 22.5. The molecule has 702 valence electrons. The van der Waals surface area contributed by atoms with Crippen LogP contribution in [-0.4, -0.2) is 295 Å². The molecule has 6 heterocycles. The second-order valence-electron chi connectivity index (χ2n) is 29.9. The molecule has 53 heteroatoms. The van der Waals surface area contributed by atoms with Crippen molar-refractivity contribution in [2.24, 2.45) is 0 Å². The maximum Gasteiger partial charge on any atom is 0.344 e. The first-order valence-electron chi connectivity index (χ1n) is 37.6. The molecule has 2 fully saturated rings. The predicted octanol–water partition coefficient (Wildman–Crippen LogP) is 0.965. The zero-order chi connectivity index (χ0) is 98.0. The van der Waals surface area contributed by atoms with Gasteiger partial charge in [0.25, 0.3) is 11.6 Å². The highest BCUT2D eigenvalue weighted by atomic mass is 16.8. The molecule has 0 amide bonds. The lowest BCUT2D eigenvalue weighted by molar-refractivity contribution is -0.323. The molecule has 135 heavy (non-hydrogen) atoms. The summed E-state index contributed by atoms with van der Waals surface area (Å²) in [5, 5.41) is 310. The van der Waals surface area contributed by atoms with Crippen LogP contribution < -0.4 is 9.47 Å². The van der Waals surface area contributed by atoms with Gasteiger partial charge in [-0.05, 0) is 66.7 Å². The van der Waals surface area contributed by atoms with E-state index in [2.05, 4.69) is 0 Å². The van der Waals surface area contributed by atoms with Gasteiger partial charge >= 0.3 is 59.7 Å². The molecule has 53 nitrogen and oxygen atoms in total. The minimum absolute atomic E-state index is 0.0651. The Balaban J connectivity index is 0.832. The molecule has 1 aliphatic carbocycles. The minimum Gasteiger partial charge on any atom is -0.504 e. The lowest BCUT2D eigenvalue weighted by Gasteiger charge is -2.44. The molecule has 0 saturated carbocycles. The van der Waals surface area contributed by atoms with Crippen LogP contribution in [-0.2, 0) is 66.4 Å². The third-order valence-electron chi connectivity index (χ3n) is 21.9. The zero-order valence-electron chi connectivity index (χ0n) is 66.0. The van der Waals surface area contributed by atoms with E-state index in [1.165, 1.54) is 0 Å². The number of carbonyl (C=O) groups excluding carboxylic acids is 11. The second kappa shape index (κ2) is 32.0. The van der Waals surface area contributed by atoms with E-state index in [9.17, 15) is 167 Å². The molecular weight excluding hydrogens is 1830 g/mol. The van der Waals surface area contributed by atoms with Crippen LogP contribution in [0.15, 0.2) is 84.4 Å². The molecule has 16 rings (SSSR count). The van der Waals surface area contributed by atoms with Crippen LogP contribution in [0.2, 0.25) is 0 Å². The maximum atomic E-state index is 15.5. The Hall–Kier alpha value is -18.5. The first kappa shape index (κ1) is 89.9. The Labute approximate surface area is 740 Å². The number of phenols is 25. The summed E-state index contributed by atoms with van der Waals surface area (Å²) in [6.07, 6.45) is -28.6. The monoisotopic (exact) mass is 1890 g/mol. The molecule has 2 saturated heterocycles. The van der Waals surface area contributed by atoms with Crippen LogP contribution in [0.3, 0.4) is 0 Å². The molecule has 9 aromatic carbocycles. The molecule has 28 N–H and O–H groups in total. The minimum atomic E-state index is -4.23. The molecule has 12 atom stereocenters. The highest BCUT2D eigenvalue weighted by Crippen LogP contribution is 2.62. The number of esters is 10. The van der Waals surface area contributed by atoms with Gasteiger partial charge < -0.3 is 209 Å². The van der Waals surface area contributed by atoms with Crippen molar-refractivity contribution in [2.75, 3.05) is 13.2 Å². The van der Waals surface area contributed by atoms with Gasteiger partial charge in [-0.25, -0.2) is 47.9 Å². The fourth-order valence-electron chi connectivity index (χ4n) is 15.4. The van der Waals surface area contributed by atoms with Gasteiger partial charge in [-0.3, -0.25) is 4.79 Å². The van der Waals surface area contributed by atoms with Crippen molar-refractivity contribution < 1.29 is 262 Å². The van der Waals surface area contributed by atoms with E-state index in [1.54, 1.807) is 0 Å². The highest BCUT2D eigenvalue weighted by molar-refractivity contribution is 6.12. The summed E-state index contributed by atoms with van der Waals surface area (Å²) in [7, 11) is 0. The molecule has 0 spiro atoms. The Bertz CT molecular complexity index is 6790. The van der Waals surface area contributed by atoms with Gasteiger partial charge in [-0.15, -0.1) is 0 Å². The molecule has 6 aliphatic heterocycles. The average Bonchev–Trinajstić information content (AvgIpc) is 1.53. The number of hydrogen-bond acceptors (Lipinski definition) is 53. The summed E-state index contributed by atoms with van der Waals surface area (Å²) in [4.78, 5) is 164. The summed E-state index contributed by atoms with van der Waals surface area (Å²) in [5.74, 6) is -76.2. The van der Waals surface area contributed by atoms with Crippen molar-refractivity contribution in [1.29, 1.82) is 0 Å². The lowest BCUT2D eigenvalue weighted by Crippen LogP contribution is -2.66. The fraction of sp³-hybridized carbons (Fsp3) is 0.183. The zero-order valence-corrected chi connectivity index (χ0v) is 66.0. The number of fused-ring (bicyclic) bond motifs is 7. The van der Waals surface area contributed by atoms with E-state index in [4.69, 9.17) is 66.3 Å². The number of phenolic OH excluding ortho intramolecular Hbond substituents is 25. The van der Waals surface area contributed by atoms with Crippen LogP contribution >= 0.6 is 0 Å². The fourth-order valence-corrected chi connectivity index (χ4v) is 15.4. The number of cyclic esters (lactones) is 2. The van der Waals surface area contributed by atoms with Crippen molar-refractivity contribution in [3.63, 3.8) is 0 Å². The third kappa shape index (κ3) is 14.4. The van der Waals surface area contributed by atoms with E-state index in [1.807, 2.05) is 0 Å². The second-order valence-corrected chi connectivity index (χ2v) is 29.9. The van der Waals surface area contributed by atoms with Crippen molar-refractivity contribution >= 4 is 65.5 Å². The standard InChI is InChI=1S/C82H56O53/c83-26-1-16(2-27(84)47(26)95)69(109)129-65-62-38(14-122-72(112)19-7-32(89)50(98)56(104)41(19)42-20(74(114)127-62)8-33(90)51(99)57(42)105)126-80(67(65)131-70(110)17-3-28(85)48(96)29(86)4-17)134-78(118)25-11-35(92)53(101)60(108)61(25)124-37-12-23-44(59(107)55(37)103)43-21(9-34(91)52(100)58(43)106)75(115)130-66-63-39(15-123-73(23)113)125-79(133-71(111)18-5-30(87)49(97)31(88)6-18)68(66)132-76(116)22-10-36(93)54(102)64-45(22)46-24(77(117)128-63)13-40(94)81(119,120)82(46,121)135-64/h1-13,38-39,46,62-63,65-68,79-80,83-93,95-108,119-121H,14-15H2/t38-,39-,46-,62-,63-,65+,66-,67-,68+,79+,80+,82-/m1/s1. The number of aromatic hydroxyl groups is 25. The largest absolute Gasteiger partial charge is 0.504 e. The van der Waals surface area contributed by atoms with Gasteiger partial charge in [0, 0.05) is 39.9 Å². The number of ketones is 1. The number of rotatable bonds is 10. The van der Waals surface area contributed by atoms with E-state index >= 15 is 28.8 Å². The summed E-state index contributed by atoms with van der Waals surface area (Å²) in [5.41, 5.74) is -19.6. The Morgan fingerprint density at radius 1 is 0.326 bits per heavy atom. The van der Waals surface area contributed by atoms with Crippen molar-refractivity contribution in [3.8, 4) is 183 Å². The van der Waals surface area contributed by atoms with E-state index in [-0.39, 0.29) is 30.3 Å². The van der Waals surface area contributed by atoms with Crippen molar-refractivity contribution in [2.45, 2.75) is 78.9 Å². The van der Waals surface area contributed by atoms with Gasteiger partial charge in [-0.2, -0.15) is 0 Å². The molecule has 7 aliphatic rings. The summed E-state index contributed by atoms with van der Waals surface area (Å²) >= 11 is 0.